The molecule has 1 aliphatic rings. The number of carbonyl (C=O) groups is 1. The van der Waals surface area contributed by atoms with Crippen molar-refractivity contribution in [3.8, 4) is 0 Å². The minimum Gasteiger partial charge on any atom is -0.383 e. The largest absolute Gasteiger partial charge is 0.414 e. The molecule has 2 heterocycles. The number of aliphatic hydroxyl groups excluding tert-OH is 1. The van der Waals surface area contributed by atoms with Crippen LogP contribution in [0.1, 0.15) is 36.7 Å². The fourth-order valence-electron chi connectivity index (χ4n) is 2.78. The Morgan fingerprint density at radius 2 is 2.00 bits per heavy atom. The molecule has 9 heteroatoms. The topological polar surface area (TPSA) is 75.4 Å². The Morgan fingerprint density at radius 1 is 1.38 bits per heavy atom. The summed E-state index contributed by atoms with van der Waals surface area (Å²) in [5, 5.41) is 13.3. The first-order valence-electron chi connectivity index (χ1n) is 7.86. The molecule has 134 valence electrons. The first-order chi connectivity index (χ1) is 11.2. The van der Waals surface area contributed by atoms with Crippen molar-refractivity contribution in [2.24, 2.45) is 5.92 Å². The standard InChI is InChI=1S/C15H20F3N3O3/c1-2-7-21-12(22)4-3-11(19-21)14(24)20-8-5-10(6-9-20)13(23)15(16,17)18/h3-4,10,13,23H,2,5-9H2,1H3. The van der Waals surface area contributed by atoms with Crippen LogP contribution in [0.5, 0.6) is 0 Å². The fraction of sp³-hybridized carbons (Fsp3) is 0.667. The molecule has 1 aliphatic heterocycles. The van der Waals surface area contributed by atoms with Gasteiger partial charge in [-0.25, -0.2) is 4.68 Å². The molecule has 1 atom stereocenters. The Balaban J connectivity index is 2.03. The van der Waals surface area contributed by atoms with Crippen molar-refractivity contribution < 1.29 is 23.1 Å². The number of amides is 1. The molecule has 1 amide bonds. The van der Waals surface area contributed by atoms with E-state index in [0.717, 1.165) is 0 Å². The third kappa shape index (κ3) is 4.14. The van der Waals surface area contributed by atoms with Gasteiger partial charge in [0.05, 0.1) is 0 Å². The molecule has 0 radical (unpaired) electrons. The van der Waals surface area contributed by atoms with Crippen molar-refractivity contribution in [1.82, 2.24) is 14.7 Å². The van der Waals surface area contributed by atoms with Gasteiger partial charge >= 0.3 is 6.18 Å². The second-order valence-corrected chi connectivity index (χ2v) is 5.90. The lowest BCUT2D eigenvalue weighted by Crippen LogP contribution is -2.45. The highest BCUT2D eigenvalue weighted by Gasteiger charge is 2.44. The van der Waals surface area contributed by atoms with E-state index in [1.165, 1.54) is 21.7 Å². The minimum atomic E-state index is -4.64. The molecule has 0 bridgehead atoms. The van der Waals surface area contributed by atoms with Crippen molar-refractivity contribution in [2.45, 2.75) is 45.0 Å². The highest BCUT2D eigenvalue weighted by atomic mass is 19.4. The number of aliphatic hydroxyl groups is 1. The molecule has 6 nitrogen and oxygen atoms in total. The zero-order valence-corrected chi connectivity index (χ0v) is 13.3. The zero-order valence-electron chi connectivity index (χ0n) is 13.3. The molecule has 2 rings (SSSR count). The van der Waals surface area contributed by atoms with Crippen molar-refractivity contribution in [3.05, 3.63) is 28.2 Å². The summed E-state index contributed by atoms with van der Waals surface area (Å²) in [7, 11) is 0. The Labute approximate surface area is 136 Å². The van der Waals surface area contributed by atoms with Crippen molar-refractivity contribution >= 4 is 5.91 Å². The van der Waals surface area contributed by atoms with Crippen LogP contribution in [-0.4, -0.2) is 51.1 Å². The summed E-state index contributed by atoms with van der Waals surface area (Å²) in [6, 6.07) is 2.59. The van der Waals surface area contributed by atoms with E-state index in [9.17, 15) is 27.9 Å². The first-order valence-corrected chi connectivity index (χ1v) is 7.86. The van der Waals surface area contributed by atoms with E-state index < -0.39 is 24.1 Å². The maximum Gasteiger partial charge on any atom is 0.414 e. The van der Waals surface area contributed by atoms with E-state index in [0.29, 0.717) is 13.0 Å². The van der Waals surface area contributed by atoms with E-state index in [1.54, 1.807) is 0 Å². The van der Waals surface area contributed by atoms with Gasteiger partial charge in [-0.3, -0.25) is 9.59 Å². The summed E-state index contributed by atoms with van der Waals surface area (Å²) in [4.78, 5) is 25.4. The smallest absolute Gasteiger partial charge is 0.383 e. The number of hydrogen-bond acceptors (Lipinski definition) is 4. The number of aromatic nitrogens is 2. The zero-order chi connectivity index (χ0) is 17.9. The number of aryl methyl sites for hydroxylation is 1. The van der Waals surface area contributed by atoms with Gasteiger partial charge in [0.1, 0.15) is 5.69 Å². The van der Waals surface area contributed by atoms with Crippen molar-refractivity contribution in [3.63, 3.8) is 0 Å². The van der Waals surface area contributed by atoms with Crippen LogP contribution in [0.15, 0.2) is 16.9 Å². The van der Waals surface area contributed by atoms with Crippen molar-refractivity contribution in [1.29, 1.82) is 0 Å². The van der Waals surface area contributed by atoms with Crippen LogP contribution in [0, 0.1) is 5.92 Å². The molecule has 1 aromatic rings. The van der Waals surface area contributed by atoms with Crippen LogP contribution in [0.4, 0.5) is 13.2 Å². The molecule has 1 aromatic heterocycles. The summed E-state index contributed by atoms with van der Waals surface area (Å²) in [5.74, 6) is -1.32. The molecule has 0 aliphatic carbocycles. The molecular weight excluding hydrogens is 327 g/mol. The molecule has 0 saturated carbocycles. The van der Waals surface area contributed by atoms with Gasteiger partial charge in [0, 0.05) is 25.7 Å². The van der Waals surface area contributed by atoms with Crippen LogP contribution in [0.2, 0.25) is 0 Å². The van der Waals surface area contributed by atoms with E-state index in [2.05, 4.69) is 5.10 Å². The summed E-state index contributed by atoms with van der Waals surface area (Å²) in [6.07, 6.45) is -6.18. The maximum absolute atomic E-state index is 12.5. The number of rotatable bonds is 4. The third-order valence-corrected chi connectivity index (χ3v) is 4.13. The van der Waals surface area contributed by atoms with Gasteiger partial charge < -0.3 is 10.0 Å². The predicted octanol–water partition coefficient (Wildman–Crippen LogP) is 1.43. The Morgan fingerprint density at radius 3 is 2.54 bits per heavy atom. The molecule has 1 N–H and O–H groups in total. The van der Waals surface area contributed by atoms with Crippen LogP contribution in [-0.2, 0) is 6.54 Å². The highest BCUT2D eigenvalue weighted by Crippen LogP contribution is 2.31. The maximum atomic E-state index is 12.5. The molecule has 1 fully saturated rings. The number of piperidine rings is 1. The minimum absolute atomic E-state index is 0.0705. The van der Waals surface area contributed by atoms with Gasteiger partial charge in [0.25, 0.3) is 11.5 Å². The van der Waals surface area contributed by atoms with Gasteiger partial charge in [0.2, 0.25) is 0 Å². The fourth-order valence-corrected chi connectivity index (χ4v) is 2.78. The lowest BCUT2D eigenvalue weighted by atomic mass is 9.91. The van der Waals surface area contributed by atoms with E-state index >= 15 is 0 Å². The number of nitrogens with zero attached hydrogens (tertiary/aromatic N) is 3. The lowest BCUT2D eigenvalue weighted by molar-refractivity contribution is -0.222. The normalized spacial score (nSPS) is 17.8. The second kappa shape index (κ2) is 7.33. The number of halogens is 3. The lowest BCUT2D eigenvalue weighted by Gasteiger charge is -2.34. The molecule has 0 aromatic carbocycles. The highest BCUT2D eigenvalue weighted by molar-refractivity contribution is 5.92. The quantitative estimate of drug-likeness (QED) is 0.894. The van der Waals surface area contributed by atoms with Gasteiger partial charge in [-0.2, -0.15) is 18.3 Å². The van der Waals surface area contributed by atoms with Gasteiger partial charge in [-0.1, -0.05) is 6.92 Å². The first kappa shape index (κ1) is 18.4. The molecule has 1 unspecified atom stereocenters. The van der Waals surface area contributed by atoms with Gasteiger partial charge in [-0.15, -0.1) is 0 Å². The summed E-state index contributed by atoms with van der Waals surface area (Å²) in [5.41, 5.74) is -0.210. The number of alkyl halides is 3. The Kier molecular flexibility index (Phi) is 5.63. The number of likely N-dealkylation sites (tertiary alicyclic amines) is 1. The molecule has 24 heavy (non-hydrogen) atoms. The number of carbonyl (C=O) groups excluding carboxylic acids is 1. The van der Waals surface area contributed by atoms with E-state index in [1.807, 2.05) is 6.92 Å². The Hall–Kier alpha value is -1.90. The SMILES string of the molecule is CCCn1nc(C(=O)N2CCC(C(O)C(F)(F)F)CC2)ccc1=O. The van der Waals surface area contributed by atoms with Gasteiger partial charge in [0.15, 0.2) is 6.10 Å². The summed E-state index contributed by atoms with van der Waals surface area (Å²) < 4.78 is 38.8. The molecular formula is C15H20F3N3O3. The predicted molar refractivity (Wildman–Crippen MR) is 79.5 cm³/mol. The molecule has 1 saturated heterocycles. The van der Waals surface area contributed by atoms with Crippen LogP contribution in [0.3, 0.4) is 0 Å². The molecule has 0 spiro atoms. The average molecular weight is 347 g/mol. The van der Waals surface area contributed by atoms with Crippen molar-refractivity contribution in [2.75, 3.05) is 13.1 Å². The second-order valence-electron chi connectivity index (χ2n) is 5.90. The summed E-state index contributed by atoms with van der Waals surface area (Å²) >= 11 is 0. The van der Waals surface area contributed by atoms with Gasteiger partial charge in [-0.05, 0) is 31.2 Å². The average Bonchev–Trinajstić information content (AvgIpc) is 2.55. The monoisotopic (exact) mass is 347 g/mol. The van der Waals surface area contributed by atoms with Crippen LogP contribution >= 0.6 is 0 Å². The van der Waals surface area contributed by atoms with Crippen LogP contribution < -0.4 is 5.56 Å². The third-order valence-electron chi connectivity index (χ3n) is 4.13. The Bertz CT molecular complexity index is 637. The summed E-state index contributed by atoms with van der Waals surface area (Å²) in [6.45, 7) is 2.50. The van der Waals surface area contributed by atoms with E-state index in [-0.39, 0.29) is 37.2 Å². The number of hydrogen-bond donors (Lipinski definition) is 1. The van der Waals surface area contributed by atoms with E-state index in [4.69, 9.17) is 0 Å². The van der Waals surface area contributed by atoms with Crippen LogP contribution in [0.25, 0.3) is 0 Å².